The van der Waals surface area contributed by atoms with Crippen LogP contribution in [0, 0.1) is 0 Å². The van der Waals surface area contributed by atoms with Gasteiger partial charge in [0.2, 0.25) is 0 Å². The summed E-state index contributed by atoms with van der Waals surface area (Å²) in [4.78, 5) is 0. The molecule has 0 aliphatic rings. The van der Waals surface area contributed by atoms with Gasteiger partial charge in [-0.05, 0) is 58.7 Å². The first-order chi connectivity index (χ1) is 9.67. The molecule has 0 saturated heterocycles. The van der Waals surface area contributed by atoms with E-state index in [1.54, 1.807) is 7.11 Å². The molecular weight excluding hydrogens is 262 g/mol. The summed E-state index contributed by atoms with van der Waals surface area (Å²) in [7, 11) is 1.71. The average Bonchev–Trinajstić information content (AvgIpc) is 2.42. The van der Waals surface area contributed by atoms with Crippen molar-refractivity contribution in [3.63, 3.8) is 0 Å². The van der Waals surface area contributed by atoms with Crippen molar-refractivity contribution in [2.45, 2.75) is 72.3 Å². The fourth-order valence-electron chi connectivity index (χ4n) is 1.80. The lowest BCUT2D eigenvalue weighted by molar-refractivity contribution is -0.0322. The lowest BCUT2D eigenvalue weighted by Gasteiger charge is -2.24. The van der Waals surface area contributed by atoms with Crippen LogP contribution in [0.3, 0.4) is 0 Å². The summed E-state index contributed by atoms with van der Waals surface area (Å²) >= 11 is 0. The Balaban J connectivity index is 2.80. The summed E-state index contributed by atoms with van der Waals surface area (Å²) in [5.74, 6) is 0.890. The molecule has 120 valence electrons. The van der Waals surface area contributed by atoms with Crippen molar-refractivity contribution < 1.29 is 9.47 Å². The fraction of sp³-hybridized carbons (Fsp3) is 0.667. The van der Waals surface area contributed by atoms with E-state index in [1.165, 1.54) is 5.56 Å². The Kier molecular flexibility index (Phi) is 6.24. The van der Waals surface area contributed by atoms with E-state index in [2.05, 4.69) is 59.0 Å². The Bertz CT molecular complexity index is 447. The molecule has 0 aliphatic heterocycles. The summed E-state index contributed by atoms with van der Waals surface area (Å²) in [6.45, 7) is 14.3. The Morgan fingerprint density at radius 3 is 2.29 bits per heavy atom. The lowest BCUT2D eigenvalue weighted by Crippen LogP contribution is -2.35. The van der Waals surface area contributed by atoms with Crippen LogP contribution < -0.4 is 10.1 Å². The summed E-state index contributed by atoms with van der Waals surface area (Å²) in [5, 5.41) is 3.50. The number of benzene rings is 1. The molecule has 0 spiro atoms. The third-order valence-corrected chi connectivity index (χ3v) is 3.64. The van der Waals surface area contributed by atoms with Crippen molar-refractivity contribution in [2.24, 2.45) is 0 Å². The van der Waals surface area contributed by atoms with Crippen LogP contribution in [-0.4, -0.2) is 18.2 Å². The number of methoxy groups -OCH3 is 1. The predicted molar refractivity (Wildman–Crippen MR) is 88.7 cm³/mol. The maximum absolute atomic E-state index is 6.01. The largest absolute Gasteiger partial charge is 0.496 e. The van der Waals surface area contributed by atoms with Gasteiger partial charge in [-0.25, -0.2) is 0 Å². The molecule has 0 aromatic heterocycles. The van der Waals surface area contributed by atoms with Crippen LogP contribution in [0.2, 0.25) is 0 Å². The van der Waals surface area contributed by atoms with Gasteiger partial charge >= 0.3 is 0 Å². The van der Waals surface area contributed by atoms with E-state index in [4.69, 9.17) is 9.47 Å². The minimum absolute atomic E-state index is 0.106. The Hall–Kier alpha value is -1.06. The number of rotatable bonds is 7. The smallest absolute Gasteiger partial charge is 0.124 e. The molecule has 0 bridgehead atoms. The summed E-state index contributed by atoms with van der Waals surface area (Å²) in [5.41, 5.74) is 2.36. The van der Waals surface area contributed by atoms with Crippen molar-refractivity contribution in [2.75, 3.05) is 7.11 Å². The van der Waals surface area contributed by atoms with Gasteiger partial charge in [0, 0.05) is 17.6 Å². The van der Waals surface area contributed by atoms with Crippen molar-refractivity contribution in [1.82, 2.24) is 5.32 Å². The van der Waals surface area contributed by atoms with Gasteiger partial charge in [-0.3, -0.25) is 0 Å². The van der Waals surface area contributed by atoms with Crippen LogP contribution in [0.5, 0.6) is 5.75 Å². The average molecular weight is 293 g/mol. The third-order valence-electron chi connectivity index (χ3n) is 3.64. The standard InChI is InChI=1S/C18H31NO2/c1-8-18(5,6)21-13-15-11-14(9-10-16(15)20-7)12-19-17(2,3)4/h9-11,19H,8,12-13H2,1-7H3. The molecule has 1 aromatic rings. The van der Waals surface area contributed by atoms with Gasteiger partial charge in [0.15, 0.2) is 0 Å². The molecule has 0 aliphatic carbocycles. The molecule has 0 unspecified atom stereocenters. The Morgan fingerprint density at radius 1 is 1.10 bits per heavy atom. The van der Waals surface area contributed by atoms with E-state index >= 15 is 0 Å². The highest BCUT2D eigenvalue weighted by Gasteiger charge is 2.17. The first-order valence-electron chi connectivity index (χ1n) is 7.71. The molecule has 3 heteroatoms. The van der Waals surface area contributed by atoms with E-state index < -0.39 is 0 Å². The number of ether oxygens (including phenoxy) is 2. The van der Waals surface area contributed by atoms with Gasteiger partial charge < -0.3 is 14.8 Å². The number of nitrogens with one attached hydrogen (secondary N) is 1. The molecule has 1 rings (SSSR count). The molecule has 0 heterocycles. The van der Waals surface area contributed by atoms with E-state index in [0.29, 0.717) is 6.61 Å². The molecule has 0 radical (unpaired) electrons. The van der Waals surface area contributed by atoms with Crippen LogP contribution >= 0.6 is 0 Å². The SMILES string of the molecule is CCC(C)(C)OCc1cc(CNC(C)(C)C)ccc1OC. The van der Waals surface area contributed by atoms with Gasteiger partial charge in [0.25, 0.3) is 0 Å². The lowest BCUT2D eigenvalue weighted by atomic mass is 10.1. The van der Waals surface area contributed by atoms with Gasteiger partial charge in [0.05, 0.1) is 19.3 Å². The highest BCUT2D eigenvalue weighted by molar-refractivity contribution is 5.37. The summed E-state index contributed by atoms with van der Waals surface area (Å²) in [6, 6.07) is 6.30. The molecule has 21 heavy (non-hydrogen) atoms. The second-order valence-corrected chi connectivity index (χ2v) is 7.15. The highest BCUT2D eigenvalue weighted by atomic mass is 16.5. The quantitative estimate of drug-likeness (QED) is 0.813. The molecule has 3 nitrogen and oxygen atoms in total. The molecule has 0 amide bonds. The molecule has 0 fully saturated rings. The number of hydrogen-bond donors (Lipinski definition) is 1. The first kappa shape index (κ1) is 18.0. The molecule has 1 N–H and O–H groups in total. The van der Waals surface area contributed by atoms with Crippen molar-refractivity contribution in [3.8, 4) is 5.75 Å². The van der Waals surface area contributed by atoms with E-state index in [1.807, 2.05) is 6.07 Å². The molecule has 0 saturated carbocycles. The van der Waals surface area contributed by atoms with Crippen molar-refractivity contribution in [1.29, 1.82) is 0 Å². The fourth-order valence-corrected chi connectivity index (χ4v) is 1.80. The van der Waals surface area contributed by atoms with Gasteiger partial charge in [0.1, 0.15) is 5.75 Å². The minimum Gasteiger partial charge on any atom is -0.496 e. The summed E-state index contributed by atoms with van der Waals surface area (Å²) in [6.07, 6.45) is 0.987. The van der Waals surface area contributed by atoms with Gasteiger partial charge in [-0.15, -0.1) is 0 Å². The normalized spacial score (nSPS) is 12.5. The highest BCUT2D eigenvalue weighted by Crippen LogP contribution is 2.24. The topological polar surface area (TPSA) is 30.5 Å². The van der Waals surface area contributed by atoms with E-state index in [9.17, 15) is 0 Å². The van der Waals surface area contributed by atoms with Gasteiger partial charge in [-0.1, -0.05) is 13.0 Å². The van der Waals surface area contributed by atoms with Crippen LogP contribution in [0.25, 0.3) is 0 Å². The van der Waals surface area contributed by atoms with Gasteiger partial charge in [-0.2, -0.15) is 0 Å². The molecule has 1 aromatic carbocycles. The van der Waals surface area contributed by atoms with Crippen LogP contribution in [0.4, 0.5) is 0 Å². The Morgan fingerprint density at radius 2 is 1.76 bits per heavy atom. The monoisotopic (exact) mass is 293 g/mol. The van der Waals surface area contributed by atoms with E-state index in [-0.39, 0.29) is 11.1 Å². The third kappa shape index (κ3) is 6.49. The first-order valence-corrected chi connectivity index (χ1v) is 7.71. The zero-order valence-corrected chi connectivity index (χ0v) is 14.7. The maximum atomic E-state index is 6.01. The zero-order chi connectivity index (χ0) is 16.1. The van der Waals surface area contributed by atoms with Crippen LogP contribution in [0.1, 0.15) is 59.1 Å². The predicted octanol–water partition coefficient (Wildman–Crippen LogP) is 4.29. The Labute approximate surface area is 130 Å². The van der Waals surface area contributed by atoms with Crippen LogP contribution in [-0.2, 0) is 17.9 Å². The maximum Gasteiger partial charge on any atom is 0.124 e. The van der Waals surface area contributed by atoms with E-state index in [0.717, 1.165) is 24.3 Å². The minimum atomic E-state index is -0.106. The van der Waals surface area contributed by atoms with Crippen molar-refractivity contribution in [3.05, 3.63) is 29.3 Å². The van der Waals surface area contributed by atoms with Crippen LogP contribution in [0.15, 0.2) is 18.2 Å². The second kappa shape index (κ2) is 7.28. The summed E-state index contributed by atoms with van der Waals surface area (Å²) < 4.78 is 11.5. The molecule has 0 atom stereocenters. The molecular formula is C18H31NO2. The second-order valence-electron chi connectivity index (χ2n) is 7.15. The number of hydrogen-bond acceptors (Lipinski definition) is 3. The zero-order valence-electron chi connectivity index (χ0n) is 14.7. The van der Waals surface area contributed by atoms with Crippen molar-refractivity contribution >= 4 is 0 Å².